The molecule has 0 saturated carbocycles. The summed E-state index contributed by atoms with van der Waals surface area (Å²) in [6, 6.07) is 2.59. The molecular weight excluding hydrogens is 470 g/mol. The molecule has 0 spiro atoms. The number of nitrogens with two attached hydrogens (primary N) is 1. The molecule has 36 heavy (non-hydrogen) atoms. The van der Waals surface area contributed by atoms with E-state index in [0.29, 0.717) is 0 Å². The van der Waals surface area contributed by atoms with Crippen LogP contribution in [-0.2, 0) is 30.4 Å². The van der Waals surface area contributed by atoms with Gasteiger partial charge in [-0.2, -0.15) is 0 Å². The van der Waals surface area contributed by atoms with Crippen molar-refractivity contribution in [3.63, 3.8) is 0 Å². The van der Waals surface area contributed by atoms with Crippen LogP contribution in [0.15, 0.2) is 30.5 Å². The van der Waals surface area contributed by atoms with Gasteiger partial charge in [0.1, 0.15) is 18.1 Å². The number of carbonyl (C=O) groups is 5. The van der Waals surface area contributed by atoms with E-state index in [4.69, 9.17) is 10.8 Å². The van der Waals surface area contributed by atoms with Crippen molar-refractivity contribution < 1.29 is 34.2 Å². The fraction of sp³-hybridized carbons (Fsp3) is 0.458. The van der Waals surface area contributed by atoms with Crippen LogP contribution in [0.2, 0.25) is 0 Å². The Morgan fingerprint density at radius 2 is 1.56 bits per heavy atom. The Bertz CT molecular complexity index is 1110. The summed E-state index contributed by atoms with van der Waals surface area (Å²) < 4.78 is 0. The van der Waals surface area contributed by atoms with Gasteiger partial charge in [0.2, 0.25) is 17.7 Å². The molecule has 4 atom stereocenters. The lowest BCUT2D eigenvalue weighted by Crippen LogP contribution is -2.57. The van der Waals surface area contributed by atoms with Gasteiger partial charge >= 0.3 is 11.9 Å². The SMILES string of the molecule is CC(C)CC(NC(=O)C(Cc1c[nH]c2ccccc12)NC(=O)C(C)NC(=O)C(N)CC(=O)O)C(=O)O. The van der Waals surface area contributed by atoms with Gasteiger partial charge in [0.05, 0.1) is 12.5 Å². The Hall–Kier alpha value is -3.93. The number of carbonyl (C=O) groups excluding carboxylic acids is 3. The zero-order valence-corrected chi connectivity index (χ0v) is 20.4. The third-order valence-electron chi connectivity index (χ3n) is 5.54. The number of aromatic nitrogens is 1. The minimum absolute atomic E-state index is 0.00157. The number of H-pyrrole nitrogens is 1. The molecule has 12 heteroatoms. The topological polar surface area (TPSA) is 204 Å². The molecule has 196 valence electrons. The van der Waals surface area contributed by atoms with E-state index >= 15 is 0 Å². The van der Waals surface area contributed by atoms with Crippen LogP contribution in [0.25, 0.3) is 10.9 Å². The molecule has 8 N–H and O–H groups in total. The molecule has 0 aliphatic rings. The monoisotopic (exact) mass is 503 g/mol. The van der Waals surface area contributed by atoms with Crippen molar-refractivity contribution in [2.24, 2.45) is 11.7 Å². The molecule has 0 radical (unpaired) electrons. The fourth-order valence-electron chi connectivity index (χ4n) is 3.66. The van der Waals surface area contributed by atoms with Crippen molar-refractivity contribution in [2.45, 2.75) is 64.2 Å². The third kappa shape index (κ3) is 8.08. The first-order valence-corrected chi connectivity index (χ1v) is 11.5. The predicted octanol–water partition coefficient (Wildman–Crippen LogP) is 0.117. The van der Waals surface area contributed by atoms with Gasteiger partial charge in [-0.1, -0.05) is 32.0 Å². The second-order valence-corrected chi connectivity index (χ2v) is 9.09. The highest BCUT2D eigenvalue weighted by Crippen LogP contribution is 2.19. The van der Waals surface area contributed by atoms with Crippen LogP contribution < -0.4 is 21.7 Å². The van der Waals surface area contributed by atoms with Crippen molar-refractivity contribution in [1.29, 1.82) is 0 Å². The lowest BCUT2D eigenvalue weighted by molar-refractivity contribution is -0.142. The summed E-state index contributed by atoms with van der Waals surface area (Å²) in [6.45, 7) is 5.01. The molecule has 4 unspecified atom stereocenters. The van der Waals surface area contributed by atoms with Gasteiger partial charge in [0, 0.05) is 23.5 Å². The number of carboxylic acids is 2. The minimum Gasteiger partial charge on any atom is -0.481 e. The largest absolute Gasteiger partial charge is 0.481 e. The number of fused-ring (bicyclic) bond motifs is 1. The summed E-state index contributed by atoms with van der Waals surface area (Å²) in [4.78, 5) is 63.6. The molecule has 0 aliphatic carbocycles. The van der Waals surface area contributed by atoms with Crippen LogP contribution in [0.1, 0.15) is 39.2 Å². The lowest BCUT2D eigenvalue weighted by atomic mass is 10.0. The number of carboxylic acid groups (broad SMARTS) is 2. The van der Waals surface area contributed by atoms with Gasteiger partial charge in [-0.05, 0) is 30.9 Å². The lowest BCUT2D eigenvalue weighted by Gasteiger charge is -2.24. The van der Waals surface area contributed by atoms with Crippen LogP contribution in [-0.4, -0.2) is 69.0 Å². The van der Waals surface area contributed by atoms with E-state index in [-0.39, 0.29) is 18.8 Å². The smallest absolute Gasteiger partial charge is 0.326 e. The van der Waals surface area contributed by atoms with E-state index in [9.17, 15) is 29.1 Å². The maximum absolute atomic E-state index is 13.1. The summed E-state index contributed by atoms with van der Waals surface area (Å²) in [6.07, 6.45) is 1.34. The first kappa shape index (κ1) is 28.3. The molecule has 0 aliphatic heterocycles. The van der Waals surface area contributed by atoms with Gasteiger partial charge in [0.15, 0.2) is 0 Å². The Morgan fingerprint density at radius 1 is 0.917 bits per heavy atom. The average Bonchev–Trinajstić information content (AvgIpc) is 3.19. The number of hydrogen-bond acceptors (Lipinski definition) is 6. The number of aromatic amines is 1. The molecule has 0 saturated heterocycles. The van der Waals surface area contributed by atoms with E-state index in [0.717, 1.165) is 16.5 Å². The molecule has 0 fully saturated rings. The van der Waals surface area contributed by atoms with Crippen LogP contribution in [0.3, 0.4) is 0 Å². The maximum atomic E-state index is 13.1. The number of para-hydroxylation sites is 1. The van der Waals surface area contributed by atoms with Gasteiger partial charge in [-0.3, -0.25) is 19.2 Å². The molecule has 12 nitrogen and oxygen atoms in total. The average molecular weight is 504 g/mol. The van der Waals surface area contributed by atoms with E-state index < -0.39 is 60.2 Å². The standard InChI is InChI=1S/C24H33N5O7/c1-12(2)8-19(24(35)36)29-23(34)18(9-14-11-26-17-7-5-4-6-15(14)17)28-21(32)13(3)27-22(33)16(25)10-20(30)31/h4-7,11-13,16,18-19,26H,8-10,25H2,1-3H3,(H,27,33)(H,28,32)(H,29,34)(H,30,31)(H,35,36). The number of nitrogens with one attached hydrogen (secondary N) is 4. The number of rotatable bonds is 13. The summed E-state index contributed by atoms with van der Waals surface area (Å²) in [5.74, 6) is -4.70. The number of benzene rings is 1. The van der Waals surface area contributed by atoms with Crippen molar-refractivity contribution in [3.8, 4) is 0 Å². The molecule has 0 bridgehead atoms. The van der Waals surface area contributed by atoms with Gasteiger partial charge in [0.25, 0.3) is 0 Å². The molecule has 3 amide bonds. The summed E-state index contributed by atoms with van der Waals surface area (Å²) in [7, 11) is 0. The highest BCUT2D eigenvalue weighted by molar-refractivity contribution is 5.95. The normalized spacial score (nSPS) is 14.5. The third-order valence-corrected chi connectivity index (χ3v) is 5.54. The summed E-state index contributed by atoms with van der Waals surface area (Å²) >= 11 is 0. The second-order valence-electron chi connectivity index (χ2n) is 9.09. The first-order valence-electron chi connectivity index (χ1n) is 11.5. The first-order chi connectivity index (χ1) is 16.9. The Balaban J connectivity index is 2.21. The van der Waals surface area contributed by atoms with Crippen LogP contribution in [0.4, 0.5) is 0 Å². The molecular formula is C24H33N5O7. The number of aliphatic carboxylic acids is 2. The van der Waals surface area contributed by atoms with Crippen molar-refractivity contribution >= 4 is 40.6 Å². The summed E-state index contributed by atoms with van der Waals surface area (Å²) in [5, 5.41) is 26.6. The van der Waals surface area contributed by atoms with Crippen LogP contribution in [0.5, 0.6) is 0 Å². The van der Waals surface area contributed by atoms with Crippen molar-refractivity contribution in [2.75, 3.05) is 0 Å². The van der Waals surface area contributed by atoms with Crippen LogP contribution >= 0.6 is 0 Å². The molecule has 2 aromatic rings. The fourth-order valence-corrected chi connectivity index (χ4v) is 3.66. The zero-order valence-electron chi connectivity index (χ0n) is 20.4. The second kappa shape index (κ2) is 12.7. The molecule has 2 rings (SSSR count). The Morgan fingerprint density at radius 3 is 2.17 bits per heavy atom. The highest BCUT2D eigenvalue weighted by Gasteiger charge is 2.30. The van der Waals surface area contributed by atoms with E-state index in [1.165, 1.54) is 6.92 Å². The zero-order chi connectivity index (χ0) is 27.0. The summed E-state index contributed by atoms with van der Waals surface area (Å²) in [5.41, 5.74) is 7.09. The molecule has 1 aromatic heterocycles. The number of hydrogen-bond donors (Lipinski definition) is 7. The molecule has 1 heterocycles. The Kier molecular flexibility index (Phi) is 9.97. The highest BCUT2D eigenvalue weighted by atomic mass is 16.4. The van der Waals surface area contributed by atoms with E-state index in [2.05, 4.69) is 20.9 Å². The Labute approximate surface area is 208 Å². The van der Waals surface area contributed by atoms with Gasteiger partial charge in [-0.25, -0.2) is 4.79 Å². The number of amides is 3. The van der Waals surface area contributed by atoms with Crippen molar-refractivity contribution in [1.82, 2.24) is 20.9 Å². The maximum Gasteiger partial charge on any atom is 0.326 e. The predicted molar refractivity (Wildman–Crippen MR) is 131 cm³/mol. The van der Waals surface area contributed by atoms with E-state index in [1.807, 2.05) is 38.1 Å². The van der Waals surface area contributed by atoms with Gasteiger partial charge in [-0.15, -0.1) is 0 Å². The molecule has 1 aromatic carbocycles. The quantitative estimate of drug-likeness (QED) is 0.199. The minimum atomic E-state index is -1.35. The van der Waals surface area contributed by atoms with Gasteiger partial charge < -0.3 is 36.9 Å². The van der Waals surface area contributed by atoms with Crippen molar-refractivity contribution in [3.05, 3.63) is 36.0 Å². The van der Waals surface area contributed by atoms with E-state index in [1.54, 1.807) is 6.20 Å². The van der Waals surface area contributed by atoms with Crippen LogP contribution in [0, 0.1) is 5.92 Å².